The van der Waals surface area contributed by atoms with Crippen LogP contribution in [0.5, 0.6) is 11.5 Å². The third kappa shape index (κ3) is 5.41. The molecule has 33 heavy (non-hydrogen) atoms. The first-order chi connectivity index (χ1) is 15.6. The molecule has 2 aliphatic heterocycles. The van der Waals surface area contributed by atoms with Gasteiger partial charge in [-0.25, -0.2) is 17.6 Å². The molecule has 0 bridgehead atoms. The molecule has 180 valence electrons. The van der Waals surface area contributed by atoms with Gasteiger partial charge < -0.3 is 9.84 Å². The number of nitrogens with zero attached hydrogens (tertiary/aromatic N) is 2. The van der Waals surface area contributed by atoms with Crippen molar-refractivity contribution in [3.8, 4) is 11.5 Å². The van der Waals surface area contributed by atoms with E-state index in [1.165, 1.54) is 23.1 Å². The van der Waals surface area contributed by atoms with E-state index in [4.69, 9.17) is 4.74 Å². The Morgan fingerprint density at radius 2 is 1.82 bits per heavy atom. The van der Waals surface area contributed by atoms with Gasteiger partial charge in [-0.3, -0.25) is 14.2 Å². The molecule has 2 aromatic carbocycles. The summed E-state index contributed by atoms with van der Waals surface area (Å²) in [5.41, 5.74) is 0.825. The van der Waals surface area contributed by atoms with Gasteiger partial charge in [-0.1, -0.05) is 6.07 Å². The minimum atomic E-state index is -3.05. The van der Waals surface area contributed by atoms with E-state index in [9.17, 15) is 18.3 Å². The number of ether oxygens (including phenoxy) is 1. The van der Waals surface area contributed by atoms with E-state index < -0.39 is 36.8 Å². The van der Waals surface area contributed by atoms with Crippen molar-refractivity contribution in [2.75, 3.05) is 39.4 Å². The first kappa shape index (κ1) is 23.8. The van der Waals surface area contributed by atoms with Gasteiger partial charge in [0.15, 0.2) is 0 Å². The molecule has 2 aliphatic rings. The molecule has 0 radical (unpaired) electrons. The van der Waals surface area contributed by atoms with Crippen LogP contribution in [0.15, 0.2) is 30.3 Å². The highest BCUT2D eigenvalue weighted by molar-refractivity contribution is 5.45. The summed E-state index contributed by atoms with van der Waals surface area (Å²) < 4.78 is 76.2. The quantitative estimate of drug-likeness (QED) is 0.568. The second-order valence-electron chi connectivity index (χ2n) is 8.92. The van der Waals surface area contributed by atoms with Crippen LogP contribution >= 0.6 is 0 Å². The van der Waals surface area contributed by atoms with Crippen LogP contribution in [0, 0.1) is 11.6 Å². The number of halogens is 5. The molecule has 1 atom stereocenters. The van der Waals surface area contributed by atoms with Crippen LogP contribution in [0.3, 0.4) is 0 Å². The molecule has 1 fully saturated rings. The van der Waals surface area contributed by atoms with E-state index in [2.05, 4.69) is 0 Å². The van der Waals surface area contributed by atoms with E-state index in [0.29, 0.717) is 43.6 Å². The van der Waals surface area contributed by atoms with Crippen LogP contribution in [-0.2, 0) is 6.42 Å². The Kier molecular flexibility index (Phi) is 6.81. The number of hydrogen-bond donors (Lipinski definition) is 1. The number of aromatic hydroxyl groups is 1. The maximum Gasteiger partial charge on any atom is 0.257 e. The average Bonchev–Trinajstić information content (AvgIpc) is 2.69. The zero-order valence-corrected chi connectivity index (χ0v) is 18.3. The lowest BCUT2D eigenvalue weighted by Crippen LogP contribution is -2.53. The highest BCUT2D eigenvalue weighted by atomic mass is 19.3. The SMILES string of the molecule is CC(F)(F)CN1CCc2cc(O)ccc2[C@@H]1c1c(F)cc(OC2CN(CCCF)C2)cc1F. The molecular formula is C24H27F5N2O2. The average molecular weight is 470 g/mol. The monoisotopic (exact) mass is 470 g/mol. The zero-order valence-electron chi connectivity index (χ0n) is 18.3. The topological polar surface area (TPSA) is 35.9 Å². The lowest BCUT2D eigenvalue weighted by atomic mass is 9.87. The number of rotatable bonds is 8. The molecule has 1 saturated heterocycles. The van der Waals surface area contributed by atoms with Crippen molar-refractivity contribution >= 4 is 0 Å². The molecule has 9 heteroatoms. The summed E-state index contributed by atoms with van der Waals surface area (Å²) in [4.78, 5) is 3.36. The van der Waals surface area contributed by atoms with Gasteiger partial charge in [0.05, 0.1) is 19.3 Å². The summed E-state index contributed by atoms with van der Waals surface area (Å²) in [6.07, 6.45) is 0.558. The Hall–Kier alpha value is -2.39. The smallest absolute Gasteiger partial charge is 0.257 e. The van der Waals surface area contributed by atoms with Gasteiger partial charge in [0.25, 0.3) is 5.92 Å². The normalized spacial score (nSPS) is 19.9. The van der Waals surface area contributed by atoms with Gasteiger partial charge in [0.1, 0.15) is 29.2 Å². The molecule has 0 spiro atoms. The lowest BCUT2D eigenvalue weighted by Gasteiger charge is -2.40. The van der Waals surface area contributed by atoms with E-state index in [1.54, 1.807) is 0 Å². The number of benzene rings is 2. The highest BCUT2D eigenvalue weighted by Crippen LogP contribution is 2.41. The van der Waals surface area contributed by atoms with Gasteiger partial charge in [-0.05, 0) is 36.1 Å². The second kappa shape index (κ2) is 9.46. The third-order valence-corrected chi connectivity index (χ3v) is 6.10. The van der Waals surface area contributed by atoms with E-state index in [1.807, 2.05) is 4.90 Å². The molecule has 2 heterocycles. The van der Waals surface area contributed by atoms with Gasteiger partial charge in [-0.15, -0.1) is 0 Å². The molecule has 0 aromatic heterocycles. The summed E-state index contributed by atoms with van der Waals surface area (Å²) in [6, 6.07) is 5.52. The second-order valence-corrected chi connectivity index (χ2v) is 8.92. The molecule has 2 aromatic rings. The van der Waals surface area contributed by atoms with Crippen LogP contribution in [0.4, 0.5) is 22.0 Å². The first-order valence-electron chi connectivity index (χ1n) is 11.0. The molecule has 4 rings (SSSR count). The summed E-state index contributed by atoms with van der Waals surface area (Å²) in [6.45, 7) is 1.57. The maximum atomic E-state index is 15.3. The van der Waals surface area contributed by atoms with Gasteiger partial charge in [-0.2, -0.15) is 0 Å². The van der Waals surface area contributed by atoms with Crippen LogP contribution < -0.4 is 4.74 Å². The number of likely N-dealkylation sites (tertiary alicyclic amines) is 1. The number of alkyl halides is 3. The van der Waals surface area contributed by atoms with Crippen molar-refractivity contribution < 1.29 is 31.8 Å². The molecular weight excluding hydrogens is 443 g/mol. The summed E-state index contributed by atoms with van der Waals surface area (Å²) >= 11 is 0. The van der Waals surface area contributed by atoms with Crippen LogP contribution in [0.1, 0.15) is 36.1 Å². The highest BCUT2D eigenvalue weighted by Gasteiger charge is 2.38. The molecule has 0 saturated carbocycles. The Balaban J connectivity index is 1.60. The molecule has 0 unspecified atom stereocenters. The van der Waals surface area contributed by atoms with Crippen LogP contribution in [0.25, 0.3) is 0 Å². The van der Waals surface area contributed by atoms with Crippen LogP contribution in [0.2, 0.25) is 0 Å². The molecule has 4 nitrogen and oxygen atoms in total. The Morgan fingerprint density at radius 3 is 2.45 bits per heavy atom. The number of phenolic OH excluding ortho intramolecular Hbond substituents is 1. The predicted molar refractivity (Wildman–Crippen MR) is 114 cm³/mol. The zero-order chi connectivity index (χ0) is 23.8. The Labute approximate surface area is 189 Å². The summed E-state index contributed by atoms with van der Waals surface area (Å²) in [5.74, 6) is -4.78. The van der Waals surface area contributed by atoms with E-state index >= 15 is 8.78 Å². The largest absolute Gasteiger partial charge is 0.508 e. The summed E-state index contributed by atoms with van der Waals surface area (Å²) in [5, 5.41) is 9.80. The van der Waals surface area contributed by atoms with Gasteiger partial charge >= 0.3 is 0 Å². The van der Waals surface area contributed by atoms with E-state index in [-0.39, 0.29) is 29.7 Å². The van der Waals surface area contributed by atoms with Gasteiger partial charge in [0.2, 0.25) is 0 Å². The fourth-order valence-electron chi connectivity index (χ4n) is 4.68. The van der Waals surface area contributed by atoms with Crippen LogP contribution in [-0.4, -0.2) is 66.3 Å². The fourth-order valence-corrected chi connectivity index (χ4v) is 4.68. The van der Waals surface area contributed by atoms with Crippen molar-refractivity contribution in [2.24, 2.45) is 0 Å². The minimum Gasteiger partial charge on any atom is -0.508 e. The predicted octanol–water partition coefficient (Wildman–Crippen LogP) is 4.70. The Morgan fingerprint density at radius 1 is 1.12 bits per heavy atom. The van der Waals surface area contributed by atoms with Crippen molar-refractivity contribution in [3.63, 3.8) is 0 Å². The van der Waals surface area contributed by atoms with Crippen molar-refractivity contribution in [1.82, 2.24) is 9.80 Å². The van der Waals surface area contributed by atoms with Gasteiger partial charge in [0, 0.05) is 50.8 Å². The fraction of sp³-hybridized carbons (Fsp3) is 0.500. The number of phenols is 1. The Bertz CT molecular complexity index is 968. The standard InChI is InChI=1S/C24H27F5N2O2/c1-24(28,29)14-31-8-5-15-9-16(32)3-4-19(15)23(31)22-20(26)10-17(11-21(22)27)33-18-12-30(13-18)7-2-6-25/h3-4,9-11,18,23,32H,2,5-8,12-14H2,1H3/t23-/m1/s1. The maximum absolute atomic E-state index is 15.3. The van der Waals surface area contributed by atoms with Crippen molar-refractivity contribution in [2.45, 2.75) is 37.8 Å². The molecule has 1 N–H and O–H groups in total. The first-order valence-corrected chi connectivity index (χ1v) is 11.0. The third-order valence-electron chi connectivity index (χ3n) is 6.10. The number of fused-ring (bicyclic) bond motifs is 1. The van der Waals surface area contributed by atoms with Crippen molar-refractivity contribution in [3.05, 3.63) is 58.7 Å². The summed E-state index contributed by atoms with van der Waals surface area (Å²) in [7, 11) is 0. The lowest BCUT2D eigenvalue weighted by molar-refractivity contribution is -0.0246. The molecule has 0 amide bonds. The van der Waals surface area contributed by atoms with Crippen molar-refractivity contribution in [1.29, 1.82) is 0 Å². The number of hydrogen-bond acceptors (Lipinski definition) is 4. The molecule has 0 aliphatic carbocycles. The minimum absolute atomic E-state index is 0.00696. The van der Waals surface area contributed by atoms with E-state index in [0.717, 1.165) is 19.1 Å².